The number of unbranched alkanes of at least 4 members (excludes halogenated alkanes) is 1. The van der Waals surface area contributed by atoms with Gasteiger partial charge in [0.25, 0.3) is 0 Å². The van der Waals surface area contributed by atoms with Crippen LogP contribution in [-0.2, 0) is 22.3 Å². The summed E-state index contributed by atoms with van der Waals surface area (Å²) in [7, 11) is 1.51. The highest BCUT2D eigenvalue weighted by Crippen LogP contribution is 2.31. The van der Waals surface area contributed by atoms with Gasteiger partial charge >= 0.3 is 12.3 Å². The maximum absolute atomic E-state index is 13.5. The number of nitrogen functional groups attached to an aromatic ring is 1. The second-order valence-electron chi connectivity index (χ2n) is 9.31. The lowest BCUT2D eigenvalue weighted by Crippen LogP contribution is -2.43. The standard InChI is InChI=1S/C29H32F3N7O4/c1-3-42-26-22(17-33)24(37-27(34)38-26)39(2)23(25(40)36-21-13-9-12-20(16-21)29(30,31)32)14-7-8-15-35-28(41)43-18-19-10-5-4-6-11-19/h4-6,9-13,16,23H,3,7-8,14-15,18H2,1-2H3,(H,35,41)(H,36,40)(H2,34,37,38)/t23-/m0/s1. The van der Waals surface area contributed by atoms with Crippen LogP contribution in [0.1, 0.15) is 42.9 Å². The molecule has 2 amide bonds. The van der Waals surface area contributed by atoms with Crippen molar-refractivity contribution in [1.82, 2.24) is 15.3 Å². The van der Waals surface area contributed by atoms with E-state index >= 15 is 0 Å². The monoisotopic (exact) mass is 599 g/mol. The third kappa shape index (κ3) is 9.49. The molecule has 0 aliphatic carbocycles. The zero-order valence-corrected chi connectivity index (χ0v) is 23.6. The van der Waals surface area contributed by atoms with E-state index in [0.717, 1.165) is 17.7 Å². The lowest BCUT2D eigenvalue weighted by molar-refractivity contribution is -0.137. The van der Waals surface area contributed by atoms with Gasteiger partial charge in [-0.1, -0.05) is 36.4 Å². The zero-order chi connectivity index (χ0) is 31.4. The van der Waals surface area contributed by atoms with Crippen LogP contribution in [-0.4, -0.2) is 48.2 Å². The number of alkyl carbamates (subject to hydrolysis) is 1. The molecule has 3 aromatic rings. The van der Waals surface area contributed by atoms with Crippen LogP contribution in [0.25, 0.3) is 0 Å². The number of carbonyl (C=O) groups excluding carboxylic acids is 2. The highest BCUT2D eigenvalue weighted by molar-refractivity contribution is 5.97. The number of nitrogens with zero attached hydrogens (tertiary/aromatic N) is 4. The first-order valence-electron chi connectivity index (χ1n) is 13.4. The number of hydrogen-bond acceptors (Lipinski definition) is 9. The number of ether oxygens (including phenoxy) is 2. The van der Waals surface area contributed by atoms with Crippen molar-refractivity contribution in [2.45, 2.75) is 45.0 Å². The van der Waals surface area contributed by atoms with Gasteiger partial charge < -0.3 is 30.7 Å². The topological polar surface area (TPSA) is 155 Å². The minimum absolute atomic E-state index is 0.0188. The molecule has 4 N–H and O–H groups in total. The molecule has 1 heterocycles. The largest absolute Gasteiger partial charge is 0.477 e. The average Bonchev–Trinajstić information content (AvgIpc) is 2.97. The number of hydrogen-bond donors (Lipinski definition) is 3. The summed E-state index contributed by atoms with van der Waals surface area (Å²) in [6, 6.07) is 14.4. The van der Waals surface area contributed by atoms with Gasteiger partial charge in [0.2, 0.25) is 17.7 Å². The number of nitriles is 1. The molecule has 0 bridgehead atoms. The molecular weight excluding hydrogens is 567 g/mol. The number of nitrogens with two attached hydrogens (primary N) is 1. The Bertz CT molecular complexity index is 1430. The highest BCUT2D eigenvalue weighted by atomic mass is 19.4. The summed E-state index contributed by atoms with van der Waals surface area (Å²) in [4.78, 5) is 35.0. The Morgan fingerprint density at radius 1 is 1.12 bits per heavy atom. The van der Waals surface area contributed by atoms with Crippen molar-refractivity contribution < 1.29 is 32.2 Å². The first kappa shape index (κ1) is 32.5. The van der Waals surface area contributed by atoms with Gasteiger partial charge in [0.1, 0.15) is 18.7 Å². The van der Waals surface area contributed by atoms with Gasteiger partial charge in [-0.3, -0.25) is 4.79 Å². The number of likely N-dealkylation sites (N-methyl/N-ethyl adjacent to an activating group) is 1. The minimum atomic E-state index is -4.60. The van der Waals surface area contributed by atoms with Crippen molar-refractivity contribution in [2.24, 2.45) is 0 Å². The Morgan fingerprint density at radius 2 is 1.86 bits per heavy atom. The van der Waals surface area contributed by atoms with Crippen LogP contribution >= 0.6 is 0 Å². The molecule has 0 radical (unpaired) electrons. The summed E-state index contributed by atoms with van der Waals surface area (Å²) < 4.78 is 50.3. The third-order valence-corrected chi connectivity index (χ3v) is 6.21. The van der Waals surface area contributed by atoms with E-state index in [4.69, 9.17) is 15.2 Å². The lowest BCUT2D eigenvalue weighted by Gasteiger charge is -2.29. The number of aromatic nitrogens is 2. The molecule has 0 spiro atoms. The molecule has 0 saturated carbocycles. The number of halogens is 3. The number of amides is 2. The summed E-state index contributed by atoms with van der Waals surface area (Å²) in [5.41, 5.74) is 5.65. The number of rotatable bonds is 13. The van der Waals surface area contributed by atoms with Crippen molar-refractivity contribution in [3.05, 3.63) is 71.3 Å². The molecule has 228 valence electrons. The predicted octanol–water partition coefficient (Wildman–Crippen LogP) is 4.89. The highest BCUT2D eigenvalue weighted by Gasteiger charge is 2.32. The van der Waals surface area contributed by atoms with Crippen LogP contribution in [0.2, 0.25) is 0 Å². The van der Waals surface area contributed by atoms with Crippen LogP contribution in [0.15, 0.2) is 54.6 Å². The maximum Gasteiger partial charge on any atom is 0.416 e. The summed E-state index contributed by atoms with van der Waals surface area (Å²) in [5.74, 6) is -0.879. The number of benzene rings is 2. The van der Waals surface area contributed by atoms with Crippen LogP contribution in [0.3, 0.4) is 0 Å². The van der Waals surface area contributed by atoms with Gasteiger partial charge in [0.15, 0.2) is 11.4 Å². The number of anilines is 3. The Kier molecular flexibility index (Phi) is 11.5. The van der Waals surface area contributed by atoms with Gasteiger partial charge in [-0.05, 0) is 49.9 Å². The van der Waals surface area contributed by atoms with Gasteiger partial charge in [0, 0.05) is 19.3 Å². The summed E-state index contributed by atoms with van der Waals surface area (Å²) in [6.07, 6.45) is -4.16. The van der Waals surface area contributed by atoms with Crippen LogP contribution < -0.4 is 26.0 Å². The van der Waals surface area contributed by atoms with E-state index in [0.29, 0.717) is 12.8 Å². The molecule has 0 aliphatic heterocycles. The normalized spacial score (nSPS) is 11.6. The van der Waals surface area contributed by atoms with Gasteiger partial charge in [0.05, 0.1) is 12.2 Å². The Balaban J connectivity index is 1.73. The second-order valence-corrected chi connectivity index (χ2v) is 9.31. The second kappa shape index (κ2) is 15.2. The fourth-order valence-corrected chi connectivity index (χ4v) is 4.11. The SMILES string of the molecule is CCOc1nc(N)nc(N(C)[C@@H](CCCCNC(=O)OCc2ccccc2)C(=O)Nc2cccc(C(F)(F)F)c2)c1C#N. The maximum atomic E-state index is 13.5. The Morgan fingerprint density at radius 3 is 2.53 bits per heavy atom. The fraction of sp³-hybridized carbons (Fsp3) is 0.345. The molecule has 0 fully saturated rings. The summed E-state index contributed by atoms with van der Waals surface area (Å²) in [6.45, 7) is 2.24. The van der Waals surface area contributed by atoms with E-state index in [1.54, 1.807) is 6.92 Å². The van der Waals surface area contributed by atoms with Crippen molar-refractivity contribution in [2.75, 3.05) is 36.1 Å². The van der Waals surface area contributed by atoms with Gasteiger partial charge in [-0.15, -0.1) is 0 Å². The zero-order valence-electron chi connectivity index (χ0n) is 23.6. The van der Waals surface area contributed by atoms with Crippen molar-refractivity contribution in [3.8, 4) is 11.9 Å². The quantitative estimate of drug-likeness (QED) is 0.233. The van der Waals surface area contributed by atoms with Crippen molar-refractivity contribution in [1.29, 1.82) is 5.26 Å². The number of alkyl halides is 3. The van der Waals surface area contributed by atoms with Gasteiger partial charge in [-0.2, -0.15) is 28.4 Å². The van der Waals surface area contributed by atoms with E-state index in [9.17, 15) is 28.0 Å². The Hall–Kier alpha value is -5.06. The first-order chi connectivity index (χ1) is 20.5. The molecule has 1 atom stereocenters. The molecule has 14 heteroatoms. The number of carbonyl (C=O) groups is 2. The summed E-state index contributed by atoms with van der Waals surface area (Å²) in [5, 5.41) is 15.0. The average molecular weight is 600 g/mol. The van der Waals surface area contributed by atoms with E-state index in [1.807, 2.05) is 36.4 Å². The molecule has 2 aromatic carbocycles. The van der Waals surface area contributed by atoms with Crippen LogP contribution in [0.5, 0.6) is 5.88 Å². The van der Waals surface area contributed by atoms with Crippen molar-refractivity contribution in [3.63, 3.8) is 0 Å². The van der Waals surface area contributed by atoms with E-state index in [2.05, 4.69) is 20.6 Å². The van der Waals surface area contributed by atoms with Crippen LogP contribution in [0.4, 0.5) is 35.4 Å². The molecule has 0 saturated heterocycles. The molecule has 43 heavy (non-hydrogen) atoms. The molecule has 1 aromatic heterocycles. The van der Waals surface area contributed by atoms with E-state index in [-0.39, 0.29) is 55.1 Å². The third-order valence-electron chi connectivity index (χ3n) is 6.21. The molecule has 3 rings (SSSR count). The summed E-state index contributed by atoms with van der Waals surface area (Å²) >= 11 is 0. The molecule has 0 unspecified atom stereocenters. The smallest absolute Gasteiger partial charge is 0.416 e. The van der Waals surface area contributed by atoms with E-state index < -0.39 is 29.8 Å². The molecule has 0 aliphatic rings. The van der Waals surface area contributed by atoms with Crippen LogP contribution in [0, 0.1) is 11.3 Å². The Labute approximate surface area is 246 Å². The fourth-order valence-electron chi connectivity index (χ4n) is 4.11. The van der Waals surface area contributed by atoms with Gasteiger partial charge in [-0.25, -0.2) is 4.79 Å². The number of nitrogens with one attached hydrogen (secondary N) is 2. The van der Waals surface area contributed by atoms with Crippen molar-refractivity contribution >= 4 is 29.5 Å². The lowest BCUT2D eigenvalue weighted by atomic mass is 10.1. The van der Waals surface area contributed by atoms with E-state index in [1.165, 1.54) is 24.1 Å². The minimum Gasteiger partial charge on any atom is -0.477 e. The molecule has 11 nitrogen and oxygen atoms in total. The molecular formula is C29H32F3N7O4. The first-order valence-corrected chi connectivity index (χ1v) is 13.4. The predicted molar refractivity (Wildman–Crippen MR) is 153 cm³/mol.